The maximum Gasteiger partial charge on any atom is 0.233 e. The fraction of sp³-hybridized carbons (Fsp3) is 0.846. The van der Waals surface area contributed by atoms with Crippen LogP contribution in [0.2, 0.25) is 0 Å². The van der Waals surface area contributed by atoms with Gasteiger partial charge < -0.3 is 24.1 Å². The monoisotopic (exact) mass is 283 g/mol. The van der Waals surface area contributed by atoms with Gasteiger partial charge in [-0.25, -0.2) is 0 Å². The Hall–Kier alpha value is -1.02. The summed E-state index contributed by atoms with van der Waals surface area (Å²) in [4.78, 5) is 4.58. The molecular formula is C13H21N3O4. The first-order valence-electron chi connectivity index (χ1n) is 7.01. The molecule has 2 atom stereocenters. The van der Waals surface area contributed by atoms with Gasteiger partial charge in [0.25, 0.3) is 0 Å². The van der Waals surface area contributed by atoms with Crippen LogP contribution in [-0.4, -0.2) is 56.8 Å². The minimum absolute atomic E-state index is 0.106. The van der Waals surface area contributed by atoms with Crippen LogP contribution >= 0.6 is 0 Å². The average Bonchev–Trinajstić information content (AvgIpc) is 3.16. The molecule has 0 spiro atoms. The van der Waals surface area contributed by atoms with E-state index in [0.29, 0.717) is 38.1 Å². The predicted octanol–water partition coefficient (Wildman–Crippen LogP) is 0.424. The third-order valence-corrected chi connectivity index (χ3v) is 4.31. The Labute approximate surface area is 118 Å². The molecule has 0 radical (unpaired) electrons. The van der Waals surface area contributed by atoms with Gasteiger partial charge in [-0.15, -0.1) is 0 Å². The first-order valence-corrected chi connectivity index (χ1v) is 7.01. The van der Waals surface area contributed by atoms with Crippen molar-refractivity contribution in [1.29, 1.82) is 0 Å². The molecule has 0 amide bonds. The summed E-state index contributed by atoms with van der Waals surface area (Å²) in [7, 11) is 3.61. The van der Waals surface area contributed by atoms with Gasteiger partial charge in [-0.05, 0) is 7.05 Å². The Bertz CT molecular complexity index is 445. The molecule has 1 aromatic rings. The highest BCUT2D eigenvalue weighted by atomic mass is 16.5. The van der Waals surface area contributed by atoms with Crippen LogP contribution in [0.3, 0.4) is 0 Å². The minimum atomic E-state index is -0.478. The molecule has 2 saturated heterocycles. The Morgan fingerprint density at radius 2 is 2.05 bits per heavy atom. The second-order valence-electron chi connectivity index (χ2n) is 5.31. The molecule has 7 heteroatoms. The second kappa shape index (κ2) is 5.77. The lowest BCUT2D eigenvalue weighted by Gasteiger charge is -2.32. The smallest absolute Gasteiger partial charge is 0.233 e. The van der Waals surface area contributed by atoms with Crippen molar-refractivity contribution >= 4 is 0 Å². The van der Waals surface area contributed by atoms with E-state index in [1.54, 1.807) is 7.11 Å². The van der Waals surface area contributed by atoms with Crippen molar-refractivity contribution in [2.45, 2.75) is 30.4 Å². The highest BCUT2D eigenvalue weighted by Crippen LogP contribution is 2.35. The molecule has 20 heavy (non-hydrogen) atoms. The predicted molar refractivity (Wildman–Crippen MR) is 69.4 cm³/mol. The zero-order valence-electron chi connectivity index (χ0n) is 11.9. The number of aromatic nitrogens is 2. The highest BCUT2D eigenvalue weighted by Gasteiger charge is 2.41. The largest absolute Gasteiger partial charge is 0.381 e. The van der Waals surface area contributed by atoms with E-state index in [4.69, 9.17) is 18.7 Å². The third-order valence-electron chi connectivity index (χ3n) is 4.31. The molecule has 2 aliphatic heterocycles. The zero-order valence-corrected chi connectivity index (χ0v) is 11.9. The number of likely N-dealkylation sites (N-methyl/N-ethyl adjacent to an activating group) is 1. The second-order valence-corrected chi connectivity index (χ2v) is 5.31. The lowest BCUT2D eigenvalue weighted by Crippen LogP contribution is -2.37. The molecule has 0 aliphatic carbocycles. The Morgan fingerprint density at radius 1 is 1.25 bits per heavy atom. The quantitative estimate of drug-likeness (QED) is 0.858. The van der Waals surface area contributed by atoms with Gasteiger partial charge in [-0.3, -0.25) is 0 Å². The van der Waals surface area contributed by atoms with Crippen molar-refractivity contribution in [3.8, 4) is 0 Å². The highest BCUT2D eigenvalue weighted by molar-refractivity contribution is 5.08. The molecule has 2 fully saturated rings. The van der Waals surface area contributed by atoms with Crippen LogP contribution in [-0.2, 0) is 19.8 Å². The summed E-state index contributed by atoms with van der Waals surface area (Å²) in [5.41, 5.74) is -0.478. The zero-order chi connectivity index (χ0) is 14.0. The molecule has 1 aromatic heterocycles. The first-order chi connectivity index (χ1) is 9.79. The van der Waals surface area contributed by atoms with Crippen molar-refractivity contribution in [1.82, 2.24) is 15.5 Å². The fourth-order valence-electron chi connectivity index (χ4n) is 2.87. The molecule has 1 N–H and O–H groups in total. The van der Waals surface area contributed by atoms with Crippen molar-refractivity contribution < 1.29 is 18.7 Å². The normalized spacial score (nSPS) is 29.7. The molecule has 3 heterocycles. The number of methoxy groups -OCH3 is 1. The van der Waals surface area contributed by atoms with Crippen LogP contribution in [0, 0.1) is 0 Å². The standard InChI is InChI=1S/C13H21N3O4/c1-14-10-8-19-7-9(10)11-15-12(16-20-11)13(17-2)3-5-18-6-4-13/h9-10,14H,3-8H2,1-2H3. The van der Waals surface area contributed by atoms with Gasteiger partial charge in [0.2, 0.25) is 11.7 Å². The molecule has 0 saturated carbocycles. The molecule has 0 aromatic carbocycles. The lowest BCUT2D eigenvalue weighted by molar-refractivity contribution is -0.101. The van der Waals surface area contributed by atoms with Crippen LogP contribution in [0.25, 0.3) is 0 Å². The number of nitrogens with one attached hydrogen (secondary N) is 1. The maximum absolute atomic E-state index is 5.68. The number of hydrogen-bond donors (Lipinski definition) is 1. The molecule has 112 valence electrons. The first kappa shape index (κ1) is 13.9. The van der Waals surface area contributed by atoms with Gasteiger partial charge in [0, 0.05) is 39.2 Å². The van der Waals surface area contributed by atoms with E-state index in [9.17, 15) is 0 Å². The summed E-state index contributed by atoms with van der Waals surface area (Å²) in [5, 5.41) is 7.37. The van der Waals surface area contributed by atoms with Crippen LogP contribution in [0.1, 0.15) is 30.5 Å². The van der Waals surface area contributed by atoms with Gasteiger partial charge in [-0.1, -0.05) is 5.16 Å². The van der Waals surface area contributed by atoms with E-state index in [2.05, 4.69) is 15.5 Å². The Balaban J connectivity index is 1.82. The molecule has 2 aliphatic rings. The maximum atomic E-state index is 5.68. The third kappa shape index (κ3) is 2.35. The van der Waals surface area contributed by atoms with Gasteiger partial charge in [-0.2, -0.15) is 4.98 Å². The number of nitrogens with zero attached hydrogens (tertiary/aromatic N) is 2. The Morgan fingerprint density at radius 3 is 2.75 bits per heavy atom. The van der Waals surface area contributed by atoms with Crippen LogP contribution in [0.5, 0.6) is 0 Å². The van der Waals surface area contributed by atoms with Crippen LogP contribution < -0.4 is 5.32 Å². The topological polar surface area (TPSA) is 78.6 Å². The van der Waals surface area contributed by atoms with Gasteiger partial charge in [0.05, 0.1) is 19.1 Å². The number of hydrogen-bond acceptors (Lipinski definition) is 7. The Kier molecular flexibility index (Phi) is 4.02. The molecule has 7 nitrogen and oxygen atoms in total. The molecule has 0 bridgehead atoms. The van der Waals surface area contributed by atoms with E-state index in [-0.39, 0.29) is 12.0 Å². The number of ether oxygens (including phenoxy) is 3. The van der Waals surface area contributed by atoms with E-state index in [0.717, 1.165) is 12.8 Å². The fourth-order valence-corrected chi connectivity index (χ4v) is 2.87. The van der Waals surface area contributed by atoms with Gasteiger partial charge in [0.1, 0.15) is 5.60 Å². The van der Waals surface area contributed by atoms with Gasteiger partial charge >= 0.3 is 0 Å². The SMILES string of the molecule is CNC1COCC1c1nc(C2(OC)CCOCC2)no1. The summed E-state index contributed by atoms with van der Waals surface area (Å²) >= 11 is 0. The average molecular weight is 283 g/mol. The van der Waals surface area contributed by atoms with E-state index in [1.807, 2.05) is 7.05 Å². The van der Waals surface area contributed by atoms with Crippen molar-refractivity contribution in [3.05, 3.63) is 11.7 Å². The summed E-state index contributed by atoms with van der Waals surface area (Å²) in [6.45, 7) is 2.59. The summed E-state index contributed by atoms with van der Waals surface area (Å²) in [6, 6.07) is 0.219. The summed E-state index contributed by atoms with van der Waals surface area (Å²) < 4.78 is 22.0. The lowest BCUT2D eigenvalue weighted by atomic mass is 9.93. The van der Waals surface area contributed by atoms with Crippen LogP contribution in [0.15, 0.2) is 4.52 Å². The molecular weight excluding hydrogens is 262 g/mol. The van der Waals surface area contributed by atoms with E-state index >= 15 is 0 Å². The number of rotatable bonds is 4. The van der Waals surface area contributed by atoms with E-state index in [1.165, 1.54) is 0 Å². The van der Waals surface area contributed by atoms with Crippen molar-refractivity contribution in [2.24, 2.45) is 0 Å². The molecule has 2 unspecified atom stereocenters. The van der Waals surface area contributed by atoms with Crippen molar-refractivity contribution in [2.75, 3.05) is 40.6 Å². The molecule has 3 rings (SSSR count). The van der Waals surface area contributed by atoms with Crippen LogP contribution in [0.4, 0.5) is 0 Å². The van der Waals surface area contributed by atoms with E-state index < -0.39 is 5.60 Å². The summed E-state index contributed by atoms with van der Waals surface area (Å²) in [6.07, 6.45) is 1.50. The summed E-state index contributed by atoms with van der Waals surface area (Å²) in [5.74, 6) is 1.36. The van der Waals surface area contributed by atoms with Crippen molar-refractivity contribution in [3.63, 3.8) is 0 Å². The minimum Gasteiger partial charge on any atom is -0.381 e. The van der Waals surface area contributed by atoms with Gasteiger partial charge in [0.15, 0.2) is 0 Å².